The maximum Gasteiger partial charge on any atom is 0.233 e. The summed E-state index contributed by atoms with van der Waals surface area (Å²) in [6, 6.07) is 8.23. The van der Waals surface area contributed by atoms with Gasteiger partial charge in [0.1, 0.15) is 5.82 Å². The molecule has 118 valence electrons. The van der Waals surface area contributed by atoms with E-state index in [1.54, 1.807) is 4.52 Å². The van der Waals surface area contributed by atoms with Gasteiger partial charge in [-0.1, -0.05) is 23.9 Å². The molecular weight excluding hydrogens is 310 g/mol. The first kappa shape index (κ1) is 14.4. The largest absolute Gasteiger partial charge is 0.352 e. The molecule has 1 aliphatic rings. The van der Waals surface area contributed by atoms with Crippen molar-refractivity contribution in [1.82, 2.24) is 24.9 Å². The summed E-state index contributed by atoms with van der Waals surface area (Å²) in [6.45, 7) is 3.76. The zero-order chi connectivity index (χ0) is 16.0. The fourth-order valence-electron chi connectivity index (χ4n) is 2.47. The van der Waals surface area contributed by atoms with E-state index in [-0.39, 0.29) is 11.2 Å². The number of aromatic nitrogens is 4. The highest BCUT2D eigenvalue weighted by Crippen LogP contribution is 2.27. The van der Waals surface area contributed by atoms with Crippen molar-refractivity contribution in [2.75, 3.05) is 0 Å². The van der Waals surface area contributed by atoms with Crippen molar-refractivity contribution in [2.45, 2.75) is 43.1 Å². The van der Waals surface area contributed by atoms with Gasteiger partial charge in [-0.15, -0.1) is 5.10 Å². The SMILES string of the molecule is Cc1nc2c3ccccc3nc(S[C@@H](C)C(=O)NC3CC3)n2n1. The summed E-state index contributed by atoms with van der Waals surface area (Å²) in [4.78, 5) is 21.4. The molecule has 7 heteroatoms. The summed E-state index contributed by atoms with van der Waals surface area (Å²) in [5.41, 5.74) is 1.65. The highest BCUT2D eigenvalue weighted by Gasteiger charge is 2.27. The van der Waals surface area contributed by atoms with Crippen molar-refractivity contribution in [3.63, 3.8) is 0 Å². The summed E-state index contributed by atoms with van der Waals surface area (Å²) in [7, 11) is 0. The number of amides is 1. The summed E-state index contributed by atoms with van der Waals surface area (Å²) >= 11 is 1.42. The van der Waals surface area contributed by atoms with Crippen LogP contribution in [-0.2, 0) is 4.79 Å². The molecule has 4 rings (SSSR count). The molecule has 23 heavy (non-hydrogen) atoms. The summed E-state index contributed by atoms with van der Waals surface area (Å²) in [5.74, 6) is 0.748. The molecule has 2 heterocycles. The van der Waals surface area contributed by atoms with Gasteiger partial charge in [0.15, 0.2) is 10.8 Å². The molecule has 6 nitrogen and oxygen atoms in total. The second-order valence-corrected chi connectivity index (χ2v) is 7.16. The Hall–Kier alpha value is -2.15. The van der Waals surface area contributed by atoms with Gasteiger partial charge < -0.3 is 5.32 Å². The third kappa shape index (κ3) is 2.76. The predicted molar refractivity (Wildman–Crippen MR) is 89.5 cm³/mol. The molecular formula is C16H17N5OS. The summed E-state index contributed by atoms with van der Waals surface area (Å²) in [5, 5.41) is 8.90. The van der Waals surface area contributed by atoms with Gasteiger partial charge in [-0.2, -0.15) is 4.52 Å². The van der Waals surface area contributed by atoms with Gasteiger partial charge in [0.25, 0.3) is 0 Å². The first-order valence-electron chi connectivity index (χ1n) is 7.71. The highest BCUT2D eigenvalue weighted by molar-refractivity contribution is 8.00. The van der Waals surface area contributed by atoms with E-state index in [9.17, 15) is 4.79 Å². The third-order valence-corrected chi connectivity index (χ3v) is 4.87. The molecule has 2 aromatic heterocycles. The lowest BCUT2D eigenvalue weighted by Crippen LogP contribution is -2.32. The second kappa shape index (κ2) is 5.49. The highest BCUT2D eigenvalue weighted by atomic mass is 32.2. The average Bonchev–Trinajstić information content (AvgIpc) is 3.25. The predicted octanol–water partition coefficient (Wildman–Crippen LogP) is 2.35. The minimum absolute atomic E-state index is 0.0532. The normalized spacial score (nSPS) is 15.9. The number of carbonyl (C=O) groups excluding carboxylic acids is 1. The van der Waals surface area contributed by atoms with Gasteiger partial charge in [-0.3, -0.25) is 4.79 Å². The van der Waals surface area contributed by atoms with Crippen molar-refractivity contribution >= 4 is 34.2 Å². The monoisotopic (exact) mass is 327 g/mol. The molecule has 1 N–H and O–H groups in total. The Bertz CT molecular complexity index is 902. The molecule has 0 spiro atoms. The summed E-state index contributed by atoms with van der Waals surface area (Å²) < 4.78 is 1.74. The number of carbonyl (C=O) groups is 1. The fraction of sp³-hybridized carbons (Fsp3) is 0.375. The van der Waals surface area contributed by atoms with Crippen LogP contribution in [0, 0.1) is 6.92 Å². The minimum atomic E-state index is -0.225. The Morgan fingerprint density at radius 1 is 1.35 bits per heavy atom. The number of hydrogen-bond acceptors (Lipinski definition) is 5. The quantitative estimate of drug-likeness (QED) is 0.588. The second-order valence-electron chi connectivity index (χ2n) is 5.85. The molecule has 1 aromatic carbocycles. The van der Waals surface area contributed by atoms with Crippen LogP contribution in [0.25, 0.3) is 16.6 Å². The summed E-state index contributed by atoms with van der Waals surface area (Å²) in [6.07, 6.45) is 2.17. The molecule has 0 bridgehead atoms. The average molecular weight is 327 g/mol. The Morgan fingerprint density at radius 2 is 2.13 bits per heavy atom. The Balaban J connectivity index is 1.73. The standard InChI is InChI=1S/C16H17N5OS/c1-9(15(22)18-11-7-8-11)23-16-19-13-6-4-3-5-12(13)14-17-10(2)20-21(14)16/h3-6,9,11H,7-8H2,1-2H3,(H,18,22)/t9-/m0/s1. The van der Waals surface area contributed by atoms with Crippen molar-refractivity contribution in [2.24, 2.45) is 0 Å². The van der Waals surface area contributed by atoms with Crippen LogP contribution in [0.3, 0.4) is 0 Å². The number of nitrogens with one attached hydrogen (secondary N) is 1. The lowest BCUT2D eigenvalue weighted by atomic mass is 10.2. The van der Waals surface area contributed by atoms with Crippen molar-refractivity contribution in [3.8, 4) is 0 Å². The molecule has 0 saturated heterocycles. The van der Waals surface area contributed by atoms with Crippen molar-refractivity contribution in [3.05, 3.63) is 30.1 Å². The van der Waals surface area contributed by atoms with Crippen LogP contribution in [0.5, 0.6) is 0 Å². The van der Waals surface area contributed by atoms with Crippen LogP contribution in [0.2, 0.25) is 0 Å². The molecule has 1 fully saturated rings. The van der Waals surface area contributed by atoms with E-state index in [4.69, 9.17) is 0 Å². The van der Waals surface area contributed by atoms with Gasteiger partial charge in [-0.05, 0) is 38.8 Å². The number of aryl methyl sites for hydroxylation is 1. The smallest absolute Gasteiger partial charge is 0.233 e. The number of thioether (sulfide) groups is 1. The van der Waals surface area contributed by atoms with Crippen LogP contribution in [0.4, 0.5) is 0 Å². The maximum atomic E-state index is 12.2. The lowest BCUT2D eigenvalue weighted by molar-refractivity contribution is -0.120. The molecule has 3 aromatic rings. The molecule has 1 saturated carbocycles. The van der Waals surface area contributed by atoms with E-state index in [2.05, 4.69) is 20.4 Å². The topological polar surface area (TPSA) is 72.2 Å². The maximum absolute atomic E-state index is 12.2. The molecule has 1 amide bonds. The molecule has 0 aliphatic heterocycles. The van der Waals surface area contributed by atoms with Crippen LogP contribution in [0.1, 0.15) is 25.6 Å². The molecule has 0 unspecified atom stereocenters. The first-order valence-corrected chi connectivity index (χ1v) is 8.59. The Kier molecular flexibility index (Phi) is 3.45. The molecule has 1 aliphatic carbocycles. The van der Waals surface area contributed by atoms with Gasteiger partial charge in [0, 0.05) is 11.4 Å². The fourth-order valence-corrected chi connectivity index (χ4v) is 3.34. The Labute approximate surface area is 137 Å². The van der Waals surface area contributed by atoms with Crippen LogP contribution >= 0.6 is 11.8 Å². The lowest BCUT2D eigenvalue weighted by Gasteiger charge is -2.12. The van der Waals surface area contributed by atoms with E-state index in [1.807, 2.05) is 38.1 Å². The van der Waals surface area contributed by atoms with Crippen LogP contribution in [-0.4, -0.2) is 36.8 Å². The number of nitrogens with zero attached hydrogens (tertiary/aromatic N) is 4. The molecule has 0 radical (unpaired) electrons. The van der Waals surface area contributed by atoms with E-state index in [1.165, 1.54) is 11.8 Å². The number of fused-ring (bicyclic) bond motifs is 3. The number of hydrogen-bond donors (Lipinski definition) is 1. The van der Waals surface area contributed by atoms with E-state index < -0.39 is 0 Å². The first-order chi connectivity index (χ1) is 11.1. The van der Waals surface area contributed by atoms with Crippen LogP contribution < -0.4 is 5.32 Å². The van der Waals surface area contributed by atoms with Gasteiger partial charge in [-0.25, -0.2) is 9.97 Å². The van der Waals surface area contributed by atoms with Gasteiger partial charge in [0.05, 0.1) is 10.8 Å². The van der Waals surface area contributed by atoms with Crippen molar-refractivity contribution in [1.29, 1.82) is 0 Å². The zero-order valence-corrected chi connectivity index (χ0v) is 13.8. The van der Waals surface area contributed by atoms with E-state index >= 15 is 0 Å². The zero-order valence-electron chi connectivity index (χ0n) is 13.0. The van der Waals surface area contributed by atoms with Crippen LogP contribution in [0.15, 0.2) is 29.4 Å². The Morgan fingerprint density at radius 3 is 2.91 bits per heavy atom. The van der Waals surface area contributed by atoms with Gasteiger partial charge in [0.2, 0.25) is 5.91 Å². The molecule has 1 atom stereocenters. The number of rotatable bonds is 4. The number of para-hydroxylation sites is 1. The number of benzene rings is 1. The van der Waals surface area contributed by atoms with E-state index in [0.717, 1.165) is 29.4 Å². The van der Waals surface area contributed by atoms with E-state index in [0.29, 0.717) is 17.0 Å². The van der Waals surface area contributed by atoms with Gasteiger partial charge >= 0.3 is 0 Å². The third-order valence-electron chi connectivity index (χ3n) is 3.83. The van der Waals surface area contributed by atoms with Crippen molar-refractivity contribution < 1.29 is 4.79 Å². The minimum Gasteiger partial charge on any atom is -0.352 e.